The first-order valence-corrected chi connectivity index (χ1v) is 8.98. The third-order valence-electron chi connectivity index (χ3n) is 7.29. The summed E-state index contributed by atoms with van der Waals surface area (Å²) in [5.41, 5.74) is 0.381. The molecule has 3 aliphatic rings. The lowest BCUT2D eigenvalue weighted by atomic mass is 9.57. The van der Waals surface area contributed by atoms with Gasteiger partial charge in [-0.15, -0.1) is 0 Å². The van der Waals surface area contributed by atoms with Gasteiger partial charge in [0.2, 0.25) is 0 Å². The summed E-state index contributed by atoms with van der Waals surface area (Å²) >= 11 is 0. The zero-order valence-corrected chi connectivity index (χ0v) is 15.8. The molecular weight excluding hydrogens is 274 g/mol. The van der Waals surface area contributed by atoms with E-state index in [1.165, 1.54) is 19.3 Å². The van der Waals surface area contributed by atoms with Gasteiger partial charge in [-0.3, -0.25) is 0 Å². The summed E-state index contributed by atoms with van der Waals surface area (Å²) in [5, 5.41) is 0. The van der Waals surface area contributed by atoms with Crippen LogP contribution in [0.2, 0.25) is 0 Å². The van der Waals surface area contributed by atoms with Gasteiger partial charge in [-0.05, 0) is 77.8 Å². The average Bonchev–Trinajstić information content (AvgIpc) is 2.56. The van der Waals surface area contributed by atoms with E-state index in [-0.39, 0.29) is 17.2 Å². The molecule has 0 aromatic rings. The van der Waals surface area contributed by atoms with E-state index in [1.807, 2.05) is 0 Å². The molecule has 1 heterocycles. The van der Waals surface area contributed by atoms with Crippen LogP contribution < -0.4 is 0 Å². The maximum atomic E-state index is 6.54. The standard InChI is InChI=1S/C19H35NO2/c1-13-9-10-16(2,3)14-11-19(13,20(7)8)12-15-18(14,6)22-17(4,5)21-15/h13-15H,9-12H2,1-8H3/t13-,14?,15-,18+,19-/m1/s1. The largest absolute Gasteiger partial charge is 0.344 e. The summed E-state index contributed by atoms with van der Waals surface area (Å²) in [6, 6.07) is 0. The first-order valence-electron chi connectivity index (χ1n) is 8.98. The summed E-state index contributed by atoms with van der Waals surface area (Å²) in [5.74, 6) is 0.773. The molecule has 0 radical (unpaired) electrons. The molecule has 0 aromatic heterocycles. The highest BCUT2D eigenvalue weighted by Crippen LogP contribution is 2.61. The number of hydrogen-bond donors (Lipinski definition) is 0. The molecule has 3 heteroatoms. The summed E-state index contributed by atoms with van der Waals surface area (Å²) in [6.45, 7) is 13.8. The molecule has 2 bridgehead atoms. The van der Waals surface area contributed by atoms with Crippen LogP contribution in [0.15, 0.2) is 0 Å². The van der Waals surface area contributed by atoms with Crippen LogP contribution in [0, 0.1) is 17.3 Å². The molecule has 3 rings (SSSR count). The second kappa shape index (κ2) is 4.70. The van der Waals surface area contributed by atoms with Crippen molar-refractivity contribution in [1.82, 2.24) is 4.90 Å². The van der Waals surface area contributed by atoms with Crippen molar-refractivity contribution in [3.63, 3.8) is 0 Å². The van der Waals surface area contributed by atoms with Crippen molar-refractivity contribution in [2.45, 2.75) is 90.3 Å². The first kappa shape index (κ1) is 16.7. The highest BCUT2D eigenvalue weighted by molar-refractivity contribution is 5.15. The predicted octanol–water partition coefficient (Wildman–Crippen LogP) is 4.06. The minimum absolute atomic E-state index is 0.156. The zero-order valence-electron chi connectivity index (χ0n) is 15.8. The molecule has 5 atom stereocenters. The number of rotatable bonds is 1. The molecule has 2 aliphatic carbocycles. The molecule has 1 aliphatic heterocycles. The Bertz CT molecular complexity index is 458. The van der Waals surface area contributed by atoms with E-state index in [0.29, 0.717) is 17.3 Å². The molecule has 0 N–H and O–H groups in total. The Labute approximate surface area is 136 Å². The smallest absolute Gasteiger partial charge is 0.164 e. The lowest BCUT2D eigenvalue weighted by molar-refractivity contribution is -0.181. The average molecular weight is 309 g/mol. The van der Waals surface area contributed by atoms with Gasteiger partial charge < -0.3 is 14.4 Å². The summed E-state index contributed by atoms with van der Waals surface area (Å²) in [7, 11) is 4.52. The van der Waals surface area contributed by atoms with Crippen LogP contribution >= 0.6 is 0 Å². The van der Waals surface area contributed by atoms with Crippen LogP contribution in [0.1, 0.15) is 67.2 Å². The lowest BCUT2D eigenvalue weighted by Gasteiger charge is -2.56. The maximum Gasteiger partial charge on any atom is 0.164 e. The van der Waals surface area contributed by atoms with Gasteiger partial charge in [-0.25, -0.2) is 0 Å². The Hall–Kier alpha value is -0.120. The highest BCUT2D eigenvalue weighted by atomic mass is 16.8. The maximum absolute atomic E-state index is 6.54. The molecule has 1 saturated heterocycles. The highest BCUT2D eigenvalue weighted by Gasteiger charge is 2.66. The van der Waals surface area contributed by atoms with Gasteiger partial charge >= 0.3 is 0 Å². The fourth-order valence-corrected chi connectivity index (χ4v) is 5.87. The van der Waals surface area contributed by atoms with Crippen molar-refractivity contribution in [3.05, 3.63) is 0 Å². The van der Waals surface area contributed by atoms with Crippen LogP contribution in [0.5, 0.6) is 0 Å². The van der Waals surface area contributed by atoms with E-state index in [4.69, 9.17) is 9.47 Å². The Morgan fingerprint density at radius 3 is 2.23 bits per heavy atom. The Morgan fingerprint density at radius 2 is 1.64 bits per heavy atom. The van der Waals surface area contributed by atoms with Crippen LogP contribution in [-0.2, 0) is 9.47 Å². The van der Waals surface area contributed by atoms with E-state index in [0.717, 1.165) is 6.42 Å². The number of ether oxygens (including phenoxy) is 2. The predicted molar refractivity (Wildman–Crippen MR) is 89.8 cm³/mol. The summed E-state index contributed by atoms with van der Waals surface area (Å²) in [6.07, 6.45) is 5.09. The van der Waals surface area contributed by atoms with E-state index in [9.17, 15) is 0 Å². The third kappa shape index (κ3) is 2.19. The van der Waals surface area contributed by atoms with E-state index in [1.54, 1.807) is 0 Å². The van der Waals surface area contributed by atoms with Crippen LogP contribution in [-0.4, -0.2) is 42.0 Å². The molecule has 3 fully saturated rings. The summed E-state index contributed by atoms with van der Waals surface area (Å²) < 4.78 is 13.0. The van der Waals surface area contributed by atoms with Crippen LogP contribution in [0.3, 0.4) is 0 Å². The Morgan fingerprint density at radius 1 is 1.00 bits per heavy atom. The topological polar surface area (TPSA) is 21.7 Å². The number of hydrogen-bond acceptors (Lipinski definition) is 3. The fourth-order valence-electron chi connectivity index (χ4n) is 5.87. The van der Waals surface area contributed by atoms with Crippen molar-refractivity contribution < 1.29 is 9.47 Å². The monoisotopic (exact) mass is 309 g/mol. The zero-order chi connectivity index (χ0) is 16.6. The van der Waals surface area contributed by atoms with Gasteiger partial charge in [-0.1, -0.05) is 20.8 Å². The molecule has 0 spiro atoms. The van der Waals surface area contributed by atoms with Crippen LogP contribution in [0.4, 0.5) is 0 Å². The van der Waals surface area contributed by atoms with E-state index < -0.39 is 5.79 Å². The van der Waals surface area contributed by atoms with Crippen molar-refractivity contribution in [2.75, 3.05) is 14.1 Å². The van der Waals surface area contributed by atoms with Crippen molar-refractivity contribution >= 4 is 0 Å². The van der Waals surface area contributed by atoms with Gasteiger partial charge in [0.05, 0.1) is 11.7 Å². The molecule has 2 saturated carbocycles. The van der Waals surface area contributed by atoms with Gasteiger partial charge in [0.25, 0.3) is 0 Å². The van der Waals surface area contributed by atoms with Crippen molar-refractivity contribution in [3.8, 4) is 0 Å². The second-order valence-corrected chi connectivity index (χ2v) is 9.68. The molecule has 22 heavy (non-hydrogen) atoms. The van der Waals surface area contributed by atoms with E-state index >= 15 is 0 Å². The number of fused-ring (bicyclic) bond motifs is 4. The molecule has 0 amide bonds. The molecule has 128 valence electrons. The van der Waals surface area contributed by atoms with Gasteiger partial charge in [0.1, 0.15) is 0 Å². The molecule has 0 aromatic carbocycles. The van der Waals surface area contributed by atoms with Crippen molar-refractivity contribution in [2.24, 2.45) is 17.3 Å². The second-order valence-electron chi connectivity index (χ2n) is 9.68. The number of nitrogens with zero attached hydrogens (tertiary/aromatic N) is 1. The van der Waals surface area contributed by atoms with Gasteiger partial charge in [0, 0.05) is 5.54 Å². The quantitative estimate of drug-likeness (QED) is 0.729. The normalized spacial score (nSPS) is 49.8. The van der Waals surface area contributed by atoms with Gasteiger partial charge in [-0.2, -0.15) is 0 Å². The van der Waals surface area contributed by atoms with Crippen LogP contribution in [0.25, 0.3) is 0 Å². The minimum atomic E-state index is -0.460. The first-order chi connectivity index (χ1) is 9.93. The molecule has 1 unspecified atom stereocenters. The minimum Gasteiger partial charge on any atom is -0.344 e. The fraction of sp³-hybridized carbons (Fsp3) is 1.00. The van der Waals surface area contributed by atoms with Gasteiger partial charge in [0.15, 0.2) is 5.79 Å². The Kier molecular flexibility index (Phi) is 3.58. The Balaban J connectivity index is 2.10. The van der Waals surface area contributed by atoms with Crippen molar-refractivity contribution in [1.29, 1.82) is 0 Å². The van der Waals surface area contributed by atoms with E-state index in [2.05, 4.69) is 60.5 Å². The SMILES string of the molecule is C[C@@H]1CCC(C)(C)C2C[C@@]1(N(C)C)C[C@H]1OC(C)(C)O[C@@]21C. The summed E-state index contributed by atoms with van der Waals surface area (Å²) in [4.78, 5) is 2.49. The third-order valence-corrected chi connectivity index (χ3v) is 7.29. The lowest BCUT2D eigenvalue weighted by Crippen LogP contribution is -2.63. The molecule has 3 nitrogen and oxygen atoms in total. The molecular formula is C19H35NO2.